The molecule has 0 aliphatic rings. The van der Waals surface area contributed by atoms with Gasteiger partial charge in [-0.15, -0.1) is 0 Å². The highest BCUT2D eigenvalue weighted by Crippen LogP contribution is 2.29. The smallest absolute Gasteiger partial charge is 0.132 e. The second kappa shape index (κ2) is 7.73. The average molecular weight is 311 g/mol. The first-order chi connectivity index (χ1) is 8.62. The Morgan fingerprint density at radius 3 is 2.50 bits per heavy atom. The number of ketones is 1. The minimum atomic E-state index is 0.373. The molecule has 0 aromatic heterocycles. The van der Waals surface area contributed by atoms with Crippen LogP contribution in [-0.4, -0.2) is 5.78 Å². The van der Waals surface area contributed by atoms with Gasteiger partial charge in [-0.3, -0.25) is 4.79 Å². The lowest BCUT2D eigenvalue weighted by atomic mass is 9.90. The number of carbonyl (C=O) groups excluding carboxylic acids is 1. The molecule has 0 amide bonds. The zero-order chi connectivity index (χ0) is 13.5. The van der Waals surface area contributed by atoms with Crippen LogP contribution in [0, 0.1) is 0 Å². The number of rotatable bonds is 7. The summed E-state index contributed by atoms with van der Waals surface area (Å²) < 4.78 is 1.20. The van der Waals surface area contributed by atoms with Crippen molar-refractivity contribution < 1.29 is 4.79 Å². The average Bonchev–Trinajstić information content (AvgIpc) is 2.39. The molecule has 0 aliphatic carbocycles. The van der Waals surface area contributed by atoms with Crippen LogP contribution in [0.25, 0.3) is 0 Å². The van der Waals surface area contributed by atoms with E-state index in [1.54, 1.807) is 0 Å². The molecule has 18 heavy (non-hydrogen) atoms. The van der Waals surface area contributed by atoms with Crippen molar-refractivity contribution in [2.75, 3.05) is 0 Å². The molecule has 0 heterocycles. The normalized spacial score (nSPS) is 12.4. The van der Waals surface area contributed by atoms with Crippen molar-refractivity contribution in [3.8, 4) is 0 Å². The van der Waals surface area contributed by atoms with Gasteiger partial charge in [-0.1, -0.05) is 48.8 Å². The van der Waals surface area contributed by atoms with Crippen LogP contribution >= 0.6 is 15.9 Å². The Balaban J connectivity index is 2.75. The van der Waals surface area contributed by atoms with E-state index >= 15 is 0 Å². The van der Waals surface area contributed by atoms with Crippen molar-refractivity contribution in [1.29, 1.82) is 0 Å². The van der Waals surface area contributed by atoms with Gasteiger partial charge in [-0.05, 0) is 42.4 Å². The fraction of sp³-hybridized carbons (Fsp3) is 0.562. The Kier molecular flexibility index (Phi) is 6.62. The molecule has 1 rings (SSSR count). The SMILES string of the molecule is CCC(=O)CCC(CC)c1ccc(CC)c(Br)c1. The number of hydrogen-bond donors (Lipinski definition) is 0. The highest BCUT2D eigenvalue weighted by atomic mass is 79.9. The van der Waals surface area contributed by atoms with Gasteiger partial charge in [-0.25, -0.2) is 0 Å². The summed E-state index contributed by atoms with van der Waals surface area (Å²) in [6.07, 6.45) is 4.49. The summed E-state index contributed by atoms with van der Waals surface area (Å²) in [5.41, 5.74) is 2.70. The van der Waals surface area contributed by atoms with Gasteiger partial charge in [0.2, 0.25) is 0 Å². The summed E-state index contributed by atoms with van der Waals surface area (Å²) in [6.45, 7) is 6.30. The quantitative estimate of drug-likeness (QED) is 0.671. The first-order valence-corrected chi connectivity index (χ1v) is 7.71. The molecule has 100 valence electrons. The summed E-state index contributed by atoms with van der Waals surface area (Å²) >= 11 is 3.63. The highest BCUT2D eigenvalue weighted by molar-refractivity contribution is 9.10. The van der Waals surface area contributed by atoms with Crippen LogP contribution in [0.2, 0.25) is 0 Å². The number of Topliss-reactive ketones (excluding diaryl/α,β-unsaturated/α-hetero) is 1. The van der Waals surface area contributed by atoms with Gasteiger partial charge in [0.15, 0.2) is 0 Å². The highest BCUT2D eigenvalue weighted by Gasteiger charge is 2.12. The molecular weight excluding hydrogens is 288 g/mol. The van der Waals surface area contributed by atoms with E-state index in [4.69, 9.17) is 0 Å². The number of hydrogen-bond acceptors (Lipinski definition) is 1. The zero-order valence-corrected chi connectivity index (χ0v) is 13.2. The van der Waals surface area contributed by atoms with Gasteiger partial charge in [0.1, 0.15) is 5.78 Å². The lowest BCUT2D eigenvalue weighted by molar-refractivity contribution is -0.118. The van der Waals surface area contributed by atoms with Gasteiger partial charge >= 0.3 is 0 Å². The third kappa shape index (κ3) is 4.24. The topological polar surface area (TPSA) is 17.1 Å². The Morgan fingerprint density at radius 1 is 1.28 bits per heavy atom. The molecule has 0 aliphatic heterocycles. The Morgan fingerprint density at radius 2 is 2.00 bits per heavy atom. The molecule has 1 aromatic rings. The molecule has 0 saturated carbocycles. The molecule has 0 radical (unpaired) electrons. The first kappa shape index (κ1) is 15.4. The van der Waals surface area contributed by atoms with E-state index in [9.17, 15) is 4.79 Å². The molecule has 0 bridgehead atoms. The molecule has 0 saturated heterocycles. The van der Waals surface area contributed by atoms with Crippen molar-refractivity contribution >= 4 is 21.7 Å². The zero-order valence-electron chi connectivity index (χ0n) is 11.6. The minimum Gasteiger partial charge on any atom is -0.300 e. The maximum Gasteiger partial charge on any atom is 0.132 e. The molecule has 1 unspecified atom stereocenters. The van der Waals surface area contributed by atoms with E-state index in [-0.39, 0.29) is 0 Å². The molecule has 0 spiro atoms. The van der Waals surface area contributed by atoms with Crippen LogP contribution in [0.3, 0.4) is 0 Å². The monoisotopic (exact) mass is 310 g/mol. The molecule has 2 heteroatoms. The maximum atomic E-state index is 11.4. The Labute approximate surface area is 119 Å². The van der Waals surface area contributed by atoms with Crippen LogP contribution in [0.5, 0.6) is 0 Å². The third-order valence-electron chi connectivity index (χ3n) is 3.59. The molecule has 1 aromatic carbocycles. The van der Waals surface area contributed by atoms with Crippen molar-refractivity contribution in [2.24, 2.45) is 0 Å². The largest absolute Gasteiger partial charge is 0.300 e. The number of benzene rings is 1. The molecule has 1 atom stereocenters. The Bertz CT molecular complexity index is 398. The van der Waals surface area contributed by atoms with Gasteiger partial charge < -0.3 is 0 Å². The lowest BCUT2D eigenvalue weighted by Gasteiger charge is -2.16. The van der Waals surface area contributed by atoms with Gasteiger partial charge in [0.25, 0.3) is 0 Å². The predicted molar refractivity (Wildman–Crippen MR) is 81.1 cm³/mol. The van der Waals surface area contributed by atoms with Crippen LogP contribution in [0.15, 0.2) is 22.7 Å². The fourth-order valence-electron chi connectivity index (χ4n) is 2.22. The summed E-state index contributed by atoms with van der Waals surface area (Å²) in [4.78, 5) is 11.4. The second-order valence-corrected chi connectivity index (χ2v) is 5.59. The third-order valence-corrected chi connectivity index (χ3v) is 4.33. The van der Waals surface area contributed by atoms with E-state index in [1.165, 1.54) is 15.6 Å². The van der Waals surface area contributed by atoms with Crippen LogP contribution in [0.1, 0.15) is 63.5 Å². The van der Waals surface area contributed by atoms with E-state index in [2.05, 4.69) is 48.0 Å². The van der Waals surface area contributed by atoms with Crippen LogP contribution in [0.4, 0.5) is 0 Å². The first-order valence-electron chi connectivity index (χ1n) is 6.92. The Hall–Kier alpha value is -0.630. The molecular formula is C16H23BrO. The van der Waals surface area contributed by atoms with Crippen LogP contribution in [-0.2, 0) is 11.2 Å². The van der Waals surface area contributed by atoms with Gasteiger partial charge in [0.05, 0.1) is 0 Å². The summed E-state index contributed by atoms with van der Waals surface area (Å²) in [5, 5.41) is 0. The van der Waals surface area contributed by atoms with Gasteiger partial charge in [0, 0.05) is 17.3 Å². The van der Waals surface area contributed by atoms with Crippen LogP contribution < -0.4 is 0 Å². The predicted octanol–water partition coefficient (Wildman–Crippen LogP) is 5.26. The second-order valence-electron chi connectivity index (χ2n) is 4.74. The lowest BCUT2D eigenvalue weighted by Crippen LogP contribution is -2.03. The fourth-order valence-corrected chi connectivity index (χ4v) is 2.90. The van der Waals surface area contributed by atoms with E-state index < -0.39 is 0 Å². The number of halogens is 1. The molecule has 0 fully saturated rings. The van der Waals surface area contributed by atoms with E-state index in [0.29, 0.717) is 24.5 Å². The van der Waals surface area contributed by atoms with Crippen molar-refractivity contribution in [3.63, 3.8) is 0 Å². The summed E-state index contributed by atoms with van der Waals surface area (Å²) in [6, 6.07) is 6.64. The molecule has 1 nitrogen and oxygen atoms in total. The van der Waals surface area contributed by atoms with Crippen molar-refractivity contribution in [2.45, 2.75) is 58.8 Å². The standard InChI is InChI=1S/C16H23BrO/c1-4-12(9-10-15(18)6-3)14-8-7-13(5-2)16(17)11-14/h7-8,11-12H,4-6,9-10H2,1-3H3. The van der Waals surface area contributed by atoms with Crippen molar-refractivity contribution in [1.82, 2.24) is 0 Å². The summed E-state index contributed by atoms with van der Waals surface area (Å²) in [5.74, 6) is 0.875. The van der Waals surface area contributed by atoms with Crippen molar-refractivity contribution in [3.05, 3.63) is 33.8 Å². The molecule has 0 N–H and O–H groups in total. The van der Waals surface area contributed by atoms with Gasteiger partial charge in [-0.2, -0.15) is 0 Å². The minimum absolute atomic E-state index is 0.373. The number of aryl methyl sites for hydroxylation is 1. The van der Waals surface area contributed by atoms with E-state index in [0.717, 1.165) is 19.3 Å². The summed E-state index contributed by atoms with van der Waals surface area (Å²) in [7, 11) is 0. The van der Waals surface area contributed by atoms with E-state index in [1.807, 2.05) is 6.92 Å². The number of carbonyl (C=O) groups is 1. The maximum absolute atomic E-state index is 11.4.